The highest BCUT2D eigenvalue weighted by Crippen LogP contribution is 2.17. The molecule has 1 amide bonds. The standard InChI is InChI=1S/C23H33N5O.HI/c1-5-25-23(27-17-21(28(3)4)19-11-7-6-8-12-19)26-15-14-18-10-9-13-20(16-18)22(29)24-2;/h6-13,16,21H,5,14-15,17H2,1-4H3,(H,24,29)(H2,25,26,27);1H. The quantitative estimate of drug-likeness (QED) is 0.269. The van der Waals surface area contributed by atoms with Gasteiger partial charge in [0.25, 0.3) is 5.91 Å². The summed E-state index contributed by atoms with van der Waals surface area (Å²) in [5, 5.41) is 9.37. The van der Waals surface area contributed by atoms with E-state index in [0.29, 0.717) is 12.1 Å². The maximum Gasteiger partial charge on any atom is 0.251 e. The van der Waals surface area contributed by atoms with Gasteiger partial charge in [-0.1, -0.05) is 42.5 Å². The number of rotatable bonds is 9. The molecule has 0 saturated heterocycles. The summed E-state index contributed by atoms with van der Waals surface area (Å²) < 4.78 is 0. The van der Waals surface area contributed by atoms with Gasteiger partial charge in [-0.3, -0.25) is 9.79 Å². The van der Waals surface area contributed by atoms with Crippen LogP contribution in [0.4, 0.5) is 0 Å². The van der Waals surface area contributed by atoms with Crippen molar-refractivity contribution in [3.63, 3.8) is 0 Å². The van der Waals surface area contributed by atoms with Gasteiger partial charge in [-0.25, -0.2) is 0 Å². The first-order valence-corrected chi connectivity index (χ1v) is 10.1. The molecule has 2 rings (SSSR count). The van der Waals surface area contributed by atoms with Crippen LogP contribution in [0.1, 0.15) is 34.5 Å². The molecule has 7 heteroatoms. The average Bonchev–Trinajstić information content (AvgIpc) is 2.74. The minimum absolute atomic E-state index is 0. The Balaban J connectivity index is 0.00000450. The molecule has 1 atom stereocenters. The number of nitrogens with zero attached hydrogens (tertiary/aromatic N) is 2. The molecule has 0 aliphatic carbocycles. The molecule has 0 fully saturated rings. The van der Waals surface area contributed by atoms with E-state index in [4.69, 9.17) is 4.99 Å². The van der Waals surface area contributed by atoms with E-state index < -0.39 is 0 Å². The highest BCUT2D eigenvalue weighted by Gasteiger charge is 2.13. The summed E-state index contributed by atoms with van der Waals surface area (Å²) in [6.45, 7) is 4.26. The van der Waals surface area contributed by atoms with Crippen molar-refractivity contribution >= 4 is 35.8 Å². The number of likely N-dealkylation sites (N-methyl/N-ethyl adjacent to an activating group) is 1. The van der Waals surface area contributed by atoms with Gasteiger partial charge in [0, 0.05) is 25.7 Å². The number of carbonyl (C=O) groups excluding carboxylic acids is 1. The predicted octanol–water partition coefficient (Wildman–Crippen LogP) is 3.06. The number of nitrogens with one attached hydrogen (secondary N) is 3. The number of benzene rings is 2. The van der Waals surface area contributed by atoms with Crippen molar-refractivity contribution in [2.75, 3.05) is 40.8 Å². The van der Waals surface area contributed by atoms with E-state index in [1.165, 1.54) is 5.56 Å². The second-order valence-electron chi connectivity index (χ2n) is 7.07. The summed E-state index contributed by atoms with van der Waals surface area (Å²) in [5.41, 5.74) is 3.05. The Kier molecular flexibility index (Phi) is 12.1. The fraction of sp³-hybridized carbons (Fsp3) is 0.391. The molecule has 0 radical (unpaired) electrons. The van der Waals surface area contributed by atoms with Gasteiger partial charge in [0.05, 0.1) is 12.6 Å². The van der Waals surface area contributed by atoms with Crippen molar-refractivity contribution in [1.82, 2.24) is 20.9 Å². The van der Waals surface area contributed by atoms with Gasteiger partial charge in [0.15, 0.2) is 5.96 Å². The number of guanidine groups is 1. The van der Waals surface area contributed by atoms with Gasteiger partial charge >= 0.3 is 0 Å². The summed E-state index contributed by atoms with van der Waals surface area (Å²) in [6, 6.07) is 18.4. The Labute approximate surface area is 197 Å². The molecule has 3 N–H and O–H groups in total. The molecule has 164 valence electrons. The zero-order valence-electron chi connectivity index (χ0n) is 18.3. The molecule has 0 aliphatic rings. The third-order valence-corrected chi connectivity index (χ3v) is 4.70. The zero-order valence-corrected chi connectivity index (χ0v) is 20.6. The third kappa shape index (κ3) is 8.31. The molecule has 0 spiro atoms. The maximum atomic E-state index is 11.8. The molecule has 1 unspecified atom stereocenters. The summed E-state index contributed by atoms with van der Waals surface area (Å²) in [7, 11) is 5.80. The van der Waals surface area contributed by atoms with E-state index in [1.807, 2.05) is 30.3 Å². The van der Waals surface area contributed by atoms with E-state index in [2.05, 4.69) is 66.1 Å². The van der Waals surface area contributed by atoms with Crippen LogP contribution in [0.3, 0.4) is 0 Å². The van der Waals surface area contributed by atoms with Crippen LogP contribution in [0.2, 0.25) is 0 Å². The minimum atomic E-state index is -0.0645. The Morgan fingerprint density at radius 3 is 2.43 bits per heavy atom. The minimum Gasteiger partial charge on any atom is -0.357 e. The fourth-order valence-electron chi connectivity index (χ4n) is 3.10. The summed E-state index contributed by atoms with van der Waals surface area (Å²) >= 11 is 0. The Hall–Kier alpha value is -2.13. The highest BCUT2D eigenvalue weighted by molar-refractivity contribution is 14.0. The normalized spacial score (nSPS) is 12.1. The first-order valence-electron chi connectivity index (χ1n) is 10.1. The zero-order chi connectivity index (χ0) is 21.1. The van der Waals surface area contributed by atoms with E-state index in [9.17, 15) is 4.79 Å². The van der Waals surface area contributed by atoms with Crippen molar-refractivity contribution in [1.29, 1.82) is 0 Å². The lowest BCUT2D eigenvalue weighted by Gasteiger charge is -2.23. The molecule has 0 aliphatic heterocycles. The SMILES string of the molecule is CCNC(=NCC(c1ccccc1)N(C)C)NCCc1cccc(C(=O)NC)c1.I. The number of carbonyl (C=O) groups is 1. The first kappa shape index (κ1) is 25.9. The summed E-state index contributed by atoms with van der Waals surface area (Å²) in [5.74, 6) is 0.739. The molecular formula is C23H34IN5O. The summed E-state index contributed by atoms with van der Waals surface area (Å²) in [4.78, 5) is 18.8. The monoisotopic (exact) mass is 523 g/mol. The Bertz CT molecular complexity index is 795. The fourth-order valence-corrected chi connectivity index (χ4v) is 3.10. The second-order valence-corrected chi connectivity index (χ2v) is 7.07. The van der Waals surface area contributed by atoms with Gasteiger partial charge in [-0.2, -0.15) is 0 Å². The van der Waals surface area contributed by atoms with Crippen LogP contribution in [0.15, 0.2) is 59.6 Å². The summed E-state index contributed by atoms with van der Waals surface area (Å²) in [6.07, 6.45) is 0.811. The van der Waals surface area contributed by atoms with Gasteiger partial charge < -0.3 is 20.9 Å². The van der Waals surface area contributed by atoms with Gasteiger partial charge in [0.1, 0.15) is 0 Å². The lowest BCUT2D eigenvalue weighted by molar-refractivity contribution is 0.0963. The van der Waals surface area contributed by atoms with Crippen molar-refractivity contribution < 1.29 is 4.79 Å². The van der Waals surface area contributed by atoms with Gasteiger partial charge in [-0.15, -0.1) is 24.0 Å². The first-order chi connectivity index (χ1) is 14.0. The van der Waals surface area contributed by atoms with Crippen LogP contribution >= 0.6 is 24.0 Å². The Morgan fingerprint density at radius 1 is 1.07 bits per heavy atom. The van der Waals surface area contributed by atoms with Crippen molar-refractivity contribution in [3.8, 4) is 0 Å². The Morgan fingerprint density at radius 2 is 1.80 bits per heavy atom. The lowest BCUT2D eigenvalue weighted by atomic mass is 10.1. The van der Waals surface area contributed by atoms with Crippen molar-refractivity contribution in [2.24, 2.45) is 4.99 Å². The van der Waals surface area contributed by atoms with Crippen LogP contribution in [0.25, 0.3) is 0 Å². The van der Waals surface area contributed by atoms with Gasteiger partial charge in [-0.05, 0) is 50.7 Å². The third-order valence-electron chi connectivity index (χ3n) is 4.70. The van der Waals surface area contributed by atoms with Crippen molar-refractivity contribution in [2.45, 2.75) is 19.4 Å². The van der Waals surface area contributed by atoms with E-state index in [1.54, 1.807) is 7.05 Å². The number of amides is 1. The maximum absolute atomic E-state index is 11.8. The van der Waals surface area contributed by atoms with E-state index in [0.717, 1.165) is 31.0 Å². The number of hydrogen-bond donors (Lipinski definition) is 3. The van der Waals surface area contributed by atoms with Crippen LogP contribution in [0.5, 0.6) is 0 Å². The molecule has 6 nitrogen and oxygen atoms in total. The van der Waals surface area contributed by atoms with Crippen LogP contribution in [-0.4, -0.2) is 57.5 Å². The predicted molar refractivity (Wildman–Crippen MR) is 136 cm³/mol. The largest absolute Gasteiger partial charge is 0.357 e. The molecular weight excluding hydrogens is 489 g/mol. The molecule has 0 bridgehead atoms. The number of hydrogen-bond acceptors (Lipinski definition) is 3. The molecule has 0 aromatic heterocycles. The van der Waals surface area contributed by atoms with E-state index >= 15 is 0 Å². The van der Waals surface area contributed by atoms with E-state index in [-0.39, 0.29) is 35.9 Å². The van der Waals surface area contributed by atoms with Crippen LogP contribution in [0, 0.1) is 0 Å². The molecule has 2 aromatic carbocycles. The van der Waals surface area contributed by atoms with Crippen LogP contribution in [-0.2, 0) is 6.42 Å². The number of halogens is 1. The second kappa shape index (κ2) is 14.0. The lowest BCUT2D eigenvalue weighted by Crippen LogP contribution is -2.39. The van der Waals surface area contributed by atoms with Crippen LogP contribution < -0.4 is 16.0 Å². The smallest absolute Gasteiger partial charge is 0.251 e. The molecule has 0 heterocycles. The number of aliphatic imine (C=N–C) groups is 1. The topological polar surface area (TPSA) is 68.8 Å². The molecule has 0 saturated carbocycles. The molecule has 2 aromatic rings. The highest BCUT2D eigenvalue weighted by atomic mass is 127. The average molecular weight is 523 g/mol. The van der Waals surface area contributed by atoms with Crippen molar-refractivity contribution in [3.05, 3.63) is 71.3 Å². The molecule has 30 heavy (non-hydrogen) atoms. The van der Waals surface area contributed by atoms with Gasteiger partial charge in [0.2, 0.25) is 0 Å².